The molecule has 2 N–H and O–H groups in total. The second kappa shape index (κ2) is 9.72. The number of carboxylic acids is 1. The van der Waals surface area contributed by atoms with E-state index in [0.717, 1.165) is 28.7 Å². The van der Waals surface area contributed by atoms with Crippen molar-refractivity contribution in [2.45, 2.75) is 57.0 Å². The van der Waals surface area contributed by atoms with Crippen LogP contribution < -0.4 is 5.32 Å². The Bertz CT molecular complexity index is 1090. The Balaban J connectivity index is 1.25. The summed E-state index contributed by atoms with van der Waals surface area (Å²) >= 11 is 0. The third-order valence-electron chi connectivity index (χ3n) is 7.89. The minimum atomic E-state index is -0.839. The lowest BCUT2D eigenvalue weighted by atomic mass is 9.72. The number of carbonyl (C=O) groups excluding carboxylic acids is 2. The molecule has 2 aromatic rings. The largest absolute Gasteiger partial charge is 0.481 e. The molecule has 4 atom stereocenters. The standard InChI is InChI=1S/C28H32N2O5/c1-2-7-24(26(31)30-15-17-12-13-25(30)22(14-17)27(32)33)29-28(34)35-16-23-20-10-5-3-8-18(20)19-9-4-6-11-21(19)23/h3-6,8-11,17,22-25H,2,7,12-16H2,1H3,(H,29,34)(H,32,33)/t17?,22?,24-,25?/m0/s1. The summed E-state index contributed by atoms with van der Waals surface area (Å²) in [6.45, 7) is 2.71. The molecular formula is C28H32N2O5. The second-order valence-electron chi connectivity index (χ2n) is 9.99. The third-order valence-corrected chi connectivity index (χ3v) is 7.89. The van der Waals surface area contributed by atoms with Crippen LogP contribution in [0.5, 0.6) is 0 Å². The molecule has 2 heterocycles. The zero-order chi connectivity index (χ0) is 24.5. The van der Waals surface area contributed by atoms with E-state index in [9.17, 15) is 19.5 Å². The Morgan fingerprint density at radius 1 is 1.06 bits per heavy atom. The number of carbonyl (C=O) groups is 3. The first kappa shape index (κ1) is 23.4. The number of benzene rings is 2. The quantitative estimate of drug-likeness (QED) is 0.617. The van der Waals surface area contributed by atoms with E-state index in [0.29, 0.717) is 32.2 Å². The molecule has 184 valence electrons. The number of nitrogens with zero attached hydrogens (tertiary/aromatic N) is 1. The highest BCUT2D eigenvalue weighted by Crippen LogP contribution is 2.44. The van der Waals surface area contributed by atoms with Gasteiger partial charge in [0.2, 0.25) is 5.91 Å². The molecule has 3 unspecified atom stereocenters. The Labute approximate surface area is 205 Å². The first-order valence-corrected chi connectivity index (χ1v) is 12.6. The average molecular weight is 477 g/mol. The zero-order valence-electron chi connectivity index (χ0n) is 20.0. The number of nitrogens with one attached hydrogen (secondary N) is 1. The van der Waals surface area contributed by atoms with Crippen molar-refractivity contribution in [3.05, 3.63) is 59.7 Å². The molecular weight excluding hydrogens is 444 g/mol. The van der Waals surface area contributed by atoms with Crippen LogP contribution >= 0.6 is 0 Å². The van der Waals surface area contributed by atoms with Crippen LogP contribution in [0.3, 0.4) is 0 Å². The number of aliphatic carboxylic acids is 1. The number of alkyl carbamates (subject to hydrolysis) is 1. The molecule has 2 saturated heterocycles. The fourth-order valence-electron chi connectivity index (χ4n) is 6.24. The van der Waals surface area contributed by atoms with Crippen molar-refractivity contribution in [3.8, 4) is 11.1 Å². The van der Waals surface area contributed by atoms with Gasteiger partial charge < -0.3 is 20.1 Å². The molecule has 35 heavy (non-hydrogen) atoms. The van der Waals surface area contributed by atoms with Crippen LogP contribution in [0.2, 0.25) is 0 Å². The summed E-state index contributed by atoms with van der Waals surface area (Å²) in [6.07, 6.45) is 2.87. The summed E-state index contributed by atoms with van der Waals surface area (Å²) in [5.74, 6) is -1.40. The minimum Gasteiger partial charge on any atom is -0.481 e. The number of carboxylic acid groups (broad SMARTS) is 1. The van der Waals surface area contributed by atoms with Gasteiger partial charge in [0.25, 0.3) is 0 Å². The van der Waals surface area contributed by atoms with E-state index in [4.69, 9.17) is 4.74 Å². The van der Waals surface area contributed by atoms with Gasteiger partial charge >= 0.3 is 12.1 Å². The van der Waals surface area contributed by atoms with Crippen molar-refractivity contribution in [1.29, 1.82) is 0 Å². The maximum Gasteiger partial charge on any atom is 0.407 e. The predicted octanol–water partition coefficient (Wildman–Crippen LogP) is 4.41. The van der Waals surface area contributed by atoms with Gasteiger partial charge in [-0.2, -0.15) is 0 Å². The van der Waals surface area contributed by atoms with Crippen LogP contribution in [0.25, 0.3) is 11.1 Å². The molecule has 2 bridgehead atoms. The lowest BCUT2D eigenvalue weighted by Crippen LogP contribution is -2.61. The molecule has 7 nitrogen and oxygen atoms in total. The van der Waals surface area contributed by atoms with Crippen molar-refractivity contribution in [1.82, 2.24) is 10.2 Å². The molecule has 0 spiro atoms. The smallest absolute Gasteiger partial charge is 0.407 e. The van der Waals surface area contributed by atoms with Gasteiger partial charge in [-0.3, -0.25) is 9.59 Å². The van der Waals surface area contributed by atoms with E-state index in [2.05, 4.69) is 29.6 Å². The number of piperidine rings is 2. The summed E-state index contributed by atoms with van der Waals surface area (Å²) < 4.78 is 5.66. The maximum atomic E-state index is 13.4. The summed E-state index contributed by atoms with van der Waals surface area (Å²) in [5, 5.41) is 12.4. The highest BCUT2D eigenvalue weighted by molar-refractivity contribution is 5.87. The van der Waals surface area contributed by atoms with E-state index in [1.807, 2.05) is 31.2 Å². The number of amides is 2. The number of rotatable bonds is 7. The average Bonchev–Trinajstić information content (AvgIpc) is 3.20. The van der Waals surface area contributed by atoms with Crippen molar-refractivity contribution in [2.24, 2.45) is 11.8 Å². The first-order chi connectivity index (χ1) is 17.0. The van der Waals surface area contributed by atoms with Gasteiger partial charge in [-0.15, -0.1) is 0 Å². The van der Waals surface area contributed by atoms with Crippen LogP contribution in [-0.4, -0.2) is 53.2 Å². The van der Waals surface area contributed by atoms with Crippen LogP contribution in [0, 0.1) is 11.8 Å². The molecule has 6 rings (SSSR count). The number of fused-ring (bicyclic) bond motifs is 6. The molecule has 0 aromatic heterocycles. The third kappa shape index (κ3) is 4.40. The van der Waals surface area contributed by atoms with Crippen molar-refractivity contribution >= 4 is 18.0 Å². The summed E-state index contributed by atoms with van der Waals surface area (Å²) in [7, 11) is 0. The van der Waals surface area contributed by atoms with Gasteiger partial charge in [-0.25, -0.2) is 4.79 Å². The SMILES string of the molecule is CCC[C@H](NC(=O)OCC1c2ccccc2-c2ccccc21)C(=O)N1CC2CCC1C(C(=O)O)C2. The lowest BCUT2D eigenvalue weighted by molar-refractivity contribution is -0.156. The van der Waals surface area contributed by atoms with E-state index in [1.54, 1.807) is 4.90 Å². The maximum absolute atomic E-state index is 13.4. The molecule has 2 aliphatic carbocycles. The highest BCUT2D eigenvalue weighted by Gasteiger charge is 2.47. The Morgan fingerprint density at radius 2 is 1.71 bits per heavy atom. The summed E-state index contributed by atoms with van der Waals surface area (Å²) in [4.78, 5) is 39.7. The molecule has 3 fully saturated rings. The lowest BCUT2D eigenvalue weighted by Gasteiger charge is -2.49. The zero-order valence-corrected chi connectivity index (χ0v) is 20.0. The van der Waals surface area contributed by atoms with Gasteiger partial charge in [0.05, 0.1) is 5.92 Å². The first-order valence-electron chi connectivity index (χ1n) is 12.6. The van der Waals surface area contributed by atoms with Crippen molar-refractivity contribution < 1.29 is 24.2 Å². The van der Waals surface area contributed by atoms with Crippen LogP contribution in [0.1, 0.15) is 56.1 Å². The van der Waals surface area contributed by atoms with E-state index < -0.39 is 24.0 Å². The Hall–Kier alpha value is -3.35. The van der Waals surface area contributed by atoms with Gasteiger partial charge in [0, 0.05) is 18.5 Å². The van der Waals surface area contributed by atoms with E-state index >= 15 is 0 Å². The Kier molecular flexibility index (Phi) is 6.50. The summed E-state index contributed by atoms with van der Waals surface area (Å²) in [5.41, 5.74) is 4.58. The predicted molar refractivity (Wildman–Crippen MR) is 131 cm³/mol. The van der Waals surface area contributed by atoms with Crippen LogP contribution in [0.15, 0.2) is 48.5 Å². The number of hydrogen-bond donors (Lipinski definition) is 2. The molecule has 0 radical (unpaired) electrons. The topological polar surface area (TPSA) is 95.9 Å². The van der Waals surface area contributed by atoms with Crippen LogP contribution in [0.4, 0.5) is 4.79 Å². The van der Waals surface area contributed by atoms with Gasteiger partial charge in [-0.05, 0) is 53.9 Å². The Morgan fingerprint density at radius 3 is 2.31 bits per heavy atom. The van der Waals surface area contributed by atoms with Gasteiger partial charge in [0.15, 0.2) is 0 Å². The van der Waals surface area contributed by atoms with Gasteiger partial charge in [-0.1, -0.05) is 61.9 Å². The van der Waals surface area contributed by atoms with Crippen LogP contribution in [-0.2, 0) is 14.3 Å². The highest BCUT2D eigenvalue weighted by atomic mass is 16.5. The molecule has 4 aliphatic rings. The molecule has 2 amide bonds. The normalized spacial score (nSPS) is 23.3. The summed E-state index contributed by atoms with van der Waals surface area (Å²) in [6, 6.07) is 15.3. The van der Waals surface area contributed by atoms with E-state index in [-0.39, 0.29) is 30.4 Å². The second-order valence-corrected chi connectivity index (χ2v) is 9.99. The molecule has 7 heteroatoms. The minimum absolute atomic E-state index is 0.0531. The van der Waals surface area contributed by atoms with Crippen molar-refractivity contribution in [3.63, 3.8) is 0 Å². The van der Waals surface area contributed by atoms with Gasteiger partial charge in [0.1, 0.15) is 12.6 Å². The van der Waals surface area contributed by atoms with Crippen molar-refractivity contribution in [2.75, 3.05) is 13.2 Å². The number of ether oxygens (including phenoxy) is 1. The fraction of sp³-hybridized carbons (Fsp3) is 0.464. The monoisotopic (exact) mass is 476 g/mol. The molecule has 2 aliphatic heterocycles. The van der Waals surface area contributed by atoms with E-state index in [1.165, 1.54) is 0 Å². The molecule has 1 saturated carbocycles. The molecule has 2 aromatic carbocycles. The number of hydrogen-bond acceptors (Lipinski definition) is 4. The fourth-order valence-corrected chi connectivity index (χ4v) is 6.24.